The van der Waals surface area contributed by atoms with Crippen molar-refractivity contribution in [3.05, 3.63) is 21.9 Å². The summed E-state index contributed by atoms with van der Waals surface area (Å²) >= 11 is 0. The van der Waals surface area contributed by atoms with E-state index in [-0.39, 0.29) is 11.6 Å². The summed E-state index contributed by atoms with van der Waals surface area (Å²) in [7, 11) is 0. The van der Waals surface area contributed by atoms with E-state index in [9.17, 15) is 4.79 Å². The third kappa shape index (κ3) is 2.14. The minimum atomic E-state index is -0.311. The molecule has 0 radical (unpaired) electrons. The fraction of sp³-hybridized carbons (Fsp3) is 0.727. The van der Waals surface area contributed by atoms with Crippen molar-refractivity contribution >= 4 is 0 Å². The predicted molar refractivity (Wildman–Crippen MR) is 61.1 cm³/mol. The van der Waals surface area contributed by atoms with Crippen molar-refractivity contribution in [3.63, 3.8) is 0 Å². The highest BCUT2D eigenvalue weighted by molar-refractivity contribution is 5.04. The average molecular weight is 222 g/mol. The van der Waals surface area contributed by atoms with Crippen molar-refractivity contribution in [2.24, 2.45) is 5.73 Å². The average Bonchev–Trinajstić information content (AvgIpc) is 2.81. The fourth-order valence-electron chi connectivity index (χ4n) is 2.18. The number of H-pyrrole nitrogens is 1. The van der Waals surface area contributed by atoms with Gasteiger partial charge < -0.3 is 10.7 Å². The van der Waals surface area contributed by atoms with Gasteiger partial charge in [-0.1, -0.05) is 19.8 Å². The zero-order valence-corrected chi connectivity index (χ0v) is 9.57. The maximum Gasteiger partial charge on any atom is 0.274 e. The molecule has 1 aliphatic carbocycles. The van der Waals surface area contributed by atoms with Crippen molar-refractivity contribution in [1.82, 2.24) is 15.2 Å². The smallest absolute Gasteiger partial charge is 0.274 e. The molecule has 2 rings (SSSR count). The summed E-state index contributed by atoms with van der Waals surface area (Å²) in [5.41, 5.74) is 5.95. The van der Waals surface area contributed by atoms with Crippen molar-refractivity contribution in [3.8, 4) is 0 Å². The van der Waals surface area contributed by atoms with E-state index in [1.807, 2.05) is 6.92 Å². The molecule has 0 spiro atoms. The van der Waals surface area contributed by atoms with Crippen LogP contribution in [0.4, 0.5) is 0 Å². The Labute approximate surface area is 94.5 Å². The van der Waals surface area contributed by atoms with Crippen LogP contribution in [0.3, 0.4) is 0 Å². The Balaban J connectivity index is 2.25. The van der Waals surface area contributed by atoms with Gasteiger partial charge in [0.2, 0.25) is 0 Å². The van der Waals surface area contributed by atoms with Crippen molar-refractivity contribution in [1.29, 1.82) is 0 Å². The Morgan fingerprint density at radius 3 is 2.69 bits per heavy atom. The number of hydrogen-bond acceptors (Lipinski definition) is 4. The van der Waals surface area contributed by atoms with Gasteiger partial charge in [-0.3, -0.25) is 4.79 Å². The molecule has 1 atom stereocenters. The first-order valence-electron chi connectivity index (χ1n) is 5.94. The van der Waals surface area contributed by atoms with Gasteiger partial charge in [0.1, 0.15) is 11.5 Å². The lowest BCUT2D eigenvalue weighted by molar-refractivity contribution is 0.598. The molecule has 0 aromatic carbocycles. The van der Waals surface area contributed by atoms with Gasteiger partial charge in [0.25, 0.3) is 5.56 Å². The van der Waals surface area contributed by atoms with Crippen LogP contribution in [0, 0.1) is 0 Å². The van der Waals surface area contributed by atoms with Crippen LogP contribution in [-0.2, 0) is 0 Å². The summed E-state index contributed by atoms with van der Waals surface area (Å²) in [4.78, 5) is 14.6. The Kier molecular flexibility index (Phi) is 3.33. The maximum absolute atomic E-state index is 11.8. The van der Waals surface area contributed by atoms with Crippen molar-refractivity contribution in [2.75, 3.05) is 0 Å². The first kappa shape index (κ1) is 11.3. The zero-order valence-electron chi connectivity index (χ0n) is 9.57. The molecular weight excluding hydrogens is 204 g/mol. The van der Waals surface area contributed by atoms with Gasteiger partial charge in [0.05, 0.1) is 6.04 Å². The highest BCUT2D eigenvalue weighted by Gasteiger charge is 2.21. The molecular formula is C11H18N4O. The number of rotatable bonds is 3. The van der Waals surface area contributed by atoms with E-state index < -0.39 is 0 Å². The van der Waals surface area contributed by atoms with E-state index in [1.54, 1.807) is 0 Å². The molecule has 3 N–H and O–H groups in total. The molecule has 0 saturated heterocycles. The number of nitrogens with two attached hydrogens (primary N) is 1. The van der Waals surface area contributed by atoms with Crippen LogP contribution in [-0.4, -0.2) is 15.2 Å². The molecule has 1 fully saturated rings. The third-order valence-corrected chi connectivity index (χ3v) is 3.27. The molecule has 5 nitrogen and oxygen atoms in total. The molecule has 5 heteroatoms. The van der Waals surface area contributed by atoms with Gasteiger partial charge in [0.15, 0.2) is 0 Å². The van der Waals surface area contributed by atoms with E-state index in [0.717, 1.165) is 18.7 Å². The van der Waals surface area contributed by atoms with Gasteiger partial charge >= 0.3 is 0 Å². The van der Waals surface area contributed by atoms with Crippen LogP contribution >= 0.6 is 0 Å². The van der Waals surface area contributed by atoms with Crippen molar-refractivity contribution in [2.45, 2.75) is 51.0 Å². The minimum Gasteiger partial charge on any atom is -0.322 e. The number of aromatic amines is 1. The first-order chi connectivity index (χ1) is 7.72. The second-order valence-electron chi connectivity index (χ2n) is 4.42. The Bertz CT molecular complexity index is 409. The maximum atomic E-state index is 11.8. The van der Waals surface area contributed by atoms with Crippen LogP contribution in [0.1, 0.15) is 62.5 Å². The van der Waals surface area contributed by atoms with E-state index in [2.05, 4.69) is 15.2 Å². The summed E-state index contributed by atoms with van der Waals surface area (Å²) in [5.74, 6) is 1.11. The minimum absolute atomic E-state index is 0.175. The highest BCUT2D eigenvalue weighted by atomic mass is 16.1. The number of hydrogen-bond donors (Lipinski definition) is 2. The normalized spacial score (nSPS) is 18.9. The summed E-state index contributed by atoms with van der Waals surface area (Å²) in [5, 5.41) is 8.08. The number of nitrogens with zero attached hydrogens (tertiary/aromatic N) is 2. The van der Waals surface area contributed by atoms with Gasteiger partial charge in [-0.25, -0.2) is 0 Å². The molecule has 1 aromatic heterocycles. The van der Waals surface area contributed by atoms with E-state index in [4.69, 9.17) is 5.73 Å². The molecule has 88 valence electrons. The Morgan fingerprint density at radius 2 is 2.12 bits per heavy atom. The quantitative estimate of drug-likeness (QED) is 0.805. The van der Waals surface area contributed by atoms with E-state index >= 15 is 0 Å². The highest BCUT2D eigenvalue weighted by Crippen LogP contribution is 2.31. The molecule has 0 amide bonds. The Morgan fingerprint density at radius 1 is 1.44 bits per heavy atom. The van der Waals surface area contributed by atoms with Crippen molar-refractivity contribution < 1.29 is 0 Å². The zero-order chi connectivity index (χ0) is 11.5. The van der Waals surface area contributed by atoms with E-state index in [0.29, 0.717) is 18.0 Å². The van der Waals surface area contributed by atoms with E-state index in [1.165, 1.54) is 12.8 Å². The molecule has 1 unspecified atom stereocenters. The molecule has 1 heterocycles. The SMILES string of the molecule is CCC(N)c1nnc(C2CCCC2)[nH]c1=O. The van der Waals surface area contributed by atoms with Gasteiger partial charge in [-0.15, -0.1) is 10.2 Å². The Hall–Kier alpha value is -1.23. The largest absolute Gasteiger partial charge is 0.322 e. The van der Waals surface area contributed by atoms with Gasteiger partial charge in [-0.2, -0.15) is 0 Å². The fourth-order valence-corrected chi connectivity index (χ4v) is 2.18. The molecule has 0 bridgehead atoms. The number of aromatic nitrogens is 3. The standard InChI is InChI=1S/C11H18N4O/c1-2-8(12)9-11(16)13-10(15-14-9)7-5-3-4-6-7/h7-8H,2-6,12H2,1H3,(H,13,15,16). The molecule has 1 saturated carbocycles. The summed E-state index contributed by atoms with van der Waals surface area (Å²) in [6.07, 6.45) is 5.32. The monoisotopic (exact) mass is 222 g/mol. The van der Waals surface area contributed by atoms with Crippen LogP contribution in [0.25, 0.3) is 0 Å². The third-order valence-electron chi connectivity index (χ3n) is 3.27. The van der Waals surface area contributed by atoms with Crippen LogP contribution in [0.5, 0.6) is 0 Å². The lowest BCUT2D eigenvalue weighted by Gasteiger charge is -2.09. The van der Waals surface area contributed by atoms with Crippen LogP contribution in [0.2, 0.25) is 0 Å². The number of nitrogens with one attached hydrogen (secondary N) is 1. The van der Waals surface area contributed by atoms with Gasteiger partial charge in [0, 0.05) is 5.92 Å². The van der Waals surface area contributed by atoms with Crippen LogP contribution in [0.15, 0.2) is 4.79 Å². The molecule has 16 heavy (non-hydrogen) atoms. The molecule has 1 aromatic rings. The predicted octanol–water partition coefficient (Wildman–Crippen LogP) is 1.23. The lowest BCUT2D eigenvalue weighted by atomic mass is 10.1. The topological polar surface area (TPSA) is 84.7 Å². The summed E-state index contributed by atoms with van der Waals surface area (Å²) in [6.45, 7) is 1.93. The summed E-state index contributed by atoms with van der Waals surface area (Å²) in [6, 6.07) is -0.311. The van der Waals surface area contributed by atoms with Gasteiger partial charge in [-0.05, 0) is 19.3 Å². The van der Waals surface area contributed by atoms with Crippen LogP contribution < -0.4 is 11.3 Å². The molecule has 0 aliphatic heterocycles. The summed E-state index contributed by atoms with van der Waals surface area (Å²) < 4.78 is 0. The first-order valence-corrected chi connectivity index (χ1v) is 5.94. The second-order valence-corrected chi connectivity index (χ2v) is 4.42. The molecule has 1 aliphatic rings. The lowest BCUT2D eigenvalue weighted by Crippen LogP contribution is -2.26. The second kappa shape index (κ2) is 4.74.